The zero-order valence-corrected chi connectivity index (χ0v) is 15.9. The first-order valence-electron chi connectivity index (χ1n) is 8.22. The van der Waals surface area contributed by atoms with Crippen LogP contribution in [0.15, 0.2) is 34.7 Å². The van der Waals surface area contributed by atoms with Gasteiger partial charge in [-0.3, -0.25) is 9.52 Å². The first-order chi connectivity index (χ1) is 13.3. The van der Waals surface area contributed by atoms with Gasteiger partial charge in [-0.15, -0.1) is 6.42 Å². The van der Waals surface area contributed by atoms with Crippen LogP contribution in [0, 0.1) is 18.2 Å². The number of carbonyl (C=O) groups is 1. The van der Waals surface area contributed by atoms with Gasteiger partial charge in [-0.05, 0) is 37.3 Å². The second kappa shape index (κ2) is 7.32. The summed E-state index contributed by atoms with van der Waals surface area (Å²) < 4.78 is 45.1. The Morgan fingerprint density at radius 3 is 2.57 bits per heavy atom. The molecule has 0 aliphatic heterocycles. The van der Waals surface area contributed by atoms with Crippen molar-refractivity contribution in [3.05, 3.63) is 47.3 Å². The Morgan fingerprint density at radius 1 is 1.32 bits per heavy atom. The van der Waals surface area contributed by atoms with E-state index in [1.54, 1.807) is 0 Å². The van der Waals surface area contributed by atoms with Crippen LogP contribution in [0.5, 0.6) is 0 Å². The Bertz CT molecular complexity index is 1210. The lowest BCUT2D eigenvalue weighted by Gasteiger charge is -2.07. The Kier molecular flexibility index (Phi) is 5.07. The summed E-state index contributed by atoms with van der Waals surface area (Å²) in [4.78, 5) is 16.6. The van der Waals surface area contributed by atoms with Crippen molar-refractivity contribution in [2.24, 2.45) is 0 Å². The molecule has 0 aliphatic rings. The number of furan rings is 1. The molecule has 3 aromatic rings. The van der Waals surface area contributed by atoms with Gasteiger partial charge in [0.15, 0.2) is 5.82 Å². The van der Waals surface area contributed by atoms with Gasteiger partial charge in [0, 0.05) is 12.6 Å². The fourth-order valence-electron chi connectivity index (χ4n) is 2.59. The van der Waals surface area contributed by atoms with Gasteiger partial charge in [0.2, 0.25) is 15.7 Å². The number of terminal acetylenes is 1. The molecule has 0 bridgehead atoms. The summed E-state index contributed by atoms with van der Waals surface area (Å²) >= 11 is 0. The third-order valence-corrected chi connectivity index (χ3v) is 5.30. The summed E-state index contributed by atoms with van der Waals surface area (Å²) in [5.41, 5.74) is 0.792. The van der Waals surface area contributed by atoms with Gasteiger partial charge in [-0.2, -0.15) is 4.98 Å². The van der Waals surface area contributed by atoms with Crippen molar-refractivity contribution in [2.45, 2.75) is 6.92 Å². The largest absolute Gasteiger partial charge is 0.437 e. The number of amides is 1. The Labute approximate surface area is 161 Å². The second-order valence-corrected chi connectivity index (χ2v) is 7.79. The van der Waals surface area contributed by atoms with E-state index in [0.717, 1.165) is 0 Å². The monoisotopic (exact) mass is 401 g/mol. The van der Waals surface area contributed by atoms with Gasteiger partial charge in [0.25, 0.3) is 5.91 Å². The van der Waals surface area contributed by atoms with Crippen LogP contribution >= 0.6 is 0 Å². The molecule has 9 heteroatoms. The normalized spacial score (nSPS) is 11.2. The van der Waals surface area contributed by atoms with E-state index in [1.807, 2.05) is 0 Å². The molecule has 0 fully saturated rings. The van der Waals surface area contributed by atoms with Gasteiger partial charge in [-0.25, -0.2) is 12.8 Å². The molecule has 0 atom stereocenters. The Balaban J connectivity index is 2.29. The average Bonchev–Trinajstić information content (AvgIpc) is 3.05. The second-order valence-electron chi connectivity index (χ2n) is 5.78. The van der Waals surface area contributed by atoms with Gasteiger partial charge in [0.05, 0.1) is 22.3 Å². The number of sulfonamides is 1. The van der Waals surface area contributed by atoms with Gasteiger partial charge in [-0.1, -0.05) is 5.92 Å². The Morgan fingerprint density at radius 2 is 2.00 bits per heavy atom. The number of nitrogens with zero attached hydrogens (tertiary/aromatic N) is 1. The average molecular weight is 401 g/mol. The smallest absolute Gasteiger partial charge is 0.255 e. The third-order valence-electron chi connectivity index (χ3n) is 4.03. The van der Waals surface area contributed by atoms with E-state index in [1.165, 1.54) is 44.3 Å². The molecule has 28 heavy (non-hydrogen) atoms. The lowest BCUT2D eigenvalue weighted by Crippen LogP contribution is -2.18. The molecule has 3 rings (SSSR count). The number of hydrogen-bond acceptors (Lipinski definition) is 5. The maximum atomic E-state index is 13.3. The molecule has 0 spiro atoms. The highest BCUT2D eigenvalue weighted by atomic mass is 32.2. The maximum Gasteiger partial charge on any atom is 0.255 e. The molecule has 0 unspecified atom stereocenters. The van der Waals surface area contributed by atoms with E-state index in [9.17, 15) is 17.6 Å². The van der Waals surface area contributed by atoms with Crippen molar-refractivity contribution in [1.82, 2.24) is 10.3 Å². The number of halogens is 1. The fraction of sp³-hybridized carbons (Fsp3) is 0.158. The number of fused-ring (bicyclic) bond motifs is 1. The summed E-state index contributed by atoms with van der Waals surface area (Å²) in [6, 6.07) is 6.84. The number of benzene rings is 1. The number of hydrogen-bond donors (Lipinski definition) is 2. The zero-order valence-electron chi connectivity index (χ0n) is 15.0. The molecule has 0 saturated heterocycles. The molecule has 2 N–H and O–H groups in total. The SMILES string of the molecule is C#Cc1cc2c(C(=O)NC)c(-c3ccc(F)cc3)oc2nc1NS(=O)(=O)CC. The van der Waals surface area contributed by atoms with Crippen LogP contribution in [0.2, 0.25) is 0 Å². The predicted octanol–water partition coefficient (Wildman–Crippen LogP) is 2.74. The van der Waals surface area contributed by atoms with Crippen molar-refractivity contribution >= 4 is 32.8 Å². The van der Waals surface area contributed by atoms with Crippen LogP contribution in [0.1, 0.15) is 22.8 Å². The van der Waals surface area contributed by atoms with E-state index in [-0.39, 0.29) is 34.2 Å². The molecule has 144 valence electrons. The summed E-state index contributed by atoms with van der Waals surface area (Å²) in [7, 11) is -2.17. The van der Waals surface area contributed by atoms with Crippen LogP contribution in [0.3, 0.4) is 0 Å². The molecule has 7 nitrogen and oxygen atoms in total. The van der Waals surface area contributed by atoms with Crippen molar-refractivity contribution in [3.63, 3.8) is 0 Å². The number of anilines is 1. The fourth-order valence-corrected chi connectivity index (χ4v) is 3.18. The van der Waals surface area contributed by atoms with E-state index in [2.05, 4.69) is 20.9 Å². The molecule has 2 heterocycles. The molecule has 2 aromatic heterocycles. The van der Waals surface area contributed by atoms with Gasteiger partial charge < -0.3 is 9.73 Å². The number of carbonyl (C=O) groups excluding carboxylic acids is 1. The molecular formula is C19H16FN3O4S. The standard InChI is InChI=1S/C19H16FN3O4S/c1-4-11-10-14-15(18(24)21-3)16(12-6-8-13(20)9-7-12)27-19(14)22-17(11)23-28(25,26)5-2/h1,6-10H,5H2,2-3H3,(H,21,24)(H,22,23). The van der Waals surface area contributed by atoms with Crippen molar-refractivity contribution in [3.8, 4) is 23.7 Å². The van der Waals surface area contributed by atoms with Crippen LogP contribution < -0.4 is 10.0 Å². The van der Waals surface area contributed by atoms with Crippen molar-refractivity contribution < 1.29 is 22.0 Å². The van der Waals surface area contributed by atoms with E-state index < -0.39 is 21.7 Å². The van der Waals surface area contributed by atoms with E-state index in [4.69, 9.17) is 10.8 Å². The van der Waals surface area contributed by atoms with Gasteiger partial charge >= 0.3 is 0 Å². The highest BCUT2D eigenvalue weighted by molar-refractivity contribution is 7.92. The first kappa shape index (κ1) is 19.4. The summed E-state index contributed by atoms with van der Waals surface area (Å²) in [6.45, 7) is 1.47. The van der Waals surface area contributed by atoms with E-state index >= 15 is 0 Å². The first-order valence-corrected chi connectivity index (χ1v) is 9.87. The lowest BCUT2D eigenvalue weighted by molar-refractivity contribution is 0.0964. The van der Waals surface area contributed by atoms with E-state index in [0.29, 0.717) is 10.9 Å². The van der Waals surface area contributed by atoms with Crippen LogP contribution in [-0.4, -0.2) is 32.1 Å². The quantitative estimate of drug-likeness (QED) is 0.640. The summed E-state index contributed by atoms with van der Waals surface area (Å²) in [6.07, 6.45) is 5.50. The molecule has 0 aliphatic carbocycles. The number of nitrogens with one attached hydrogen (secondary N) is 2. The molecule has 0 saturated carbocycles. The molecular weight excluding hydrogens is 385 g/mol. The molecule has 1 amide bonds. The van der Waals surface area contributed by atoms with Crippen molar-refractivity contribution in [1.29, 1.82) is 0 Å². The summed E-state index contributed by atoms with van der Waals surface area (Å²) in [5.74, 6) is 1.40. The van der Waals surface area contributed by atoms with Gasteiger partial charge in [0.1, 0.15) is 11.6 Å². The number of aromatic nitrogens is 1. The number of pyridine rings is 1. The Hall–Kier alpha value is -3.38. The molecule has 0 radical (unpaired) electrons. The highest BCUT2D eigenvalue weighted by Gasteiger charge is 2.24. The lowest BCUT2D eigenvalue weighted by atomic mass is 10.0. The van der Waals surface area contributed by atoms with Crippen LogP contribution in [-0.2, 0) is 10.0 Å². The topological polar surface area (TPSA) is 101 Å². The minimum Gasteiger partial charge on any atom is -0.437 e. The number of rotatable bonds is 5. The third kappa shape index (κ3) is 3.54. The van der Waals surface area contributed by atoms with Crippen molar-refractivity contribution in [2.75, 3.05) is 17.5 Å². The highest BCUT2D eigenvalue weighted by Crippen LogP contribution is 2.35. The van der Waals surface area contributed by atoms with Crippen LogP contribution in [0.25, 0.3) is 22.4 Å². The minimum absolute atomic E-state index is 0.0192. The minimum atomic E-state index is -3.63. The summed E-state index contributed by atoms with van der Waals surface area (Å²) in [5, 5.41) is 2.83. The predicted molar refractivity (Wildman–Crippen MR) is 104 cm³/mol. The zero-order chi connectivity index (χ0) is 20.5. The maximum absolute atomic E-state index is 13.3. The van der Waals surface area contributed by atoms with Crippen LogP contribution in [0.4, 0.5) is 10.2 Å². The molecule has 1 aromatic carbocycles.